The van der Waals surface area contributed by atoms with Crippen LogP contribution in [0.2, 0.25) is 0 Å². The van der Waals surface area contributed by atoms with Crippen molar-refractivity contribution in [3.05, 3.63) is 40.7 Å². The van der Waals surface area contributed by atoms with Crippen LogP contribution in [0.4, 0.5) is 26.7 Å². The molecule has 0 bridgehead atoms. The molecule has 0 aliphatic rings. The molecule has 1 unspecified atom stereocenters. The summed E-state index contributed by atoms with van der Waals surface area (Å²) < 4.78 is 70.8. The maximum absolute atomic E-state index is 13.5. The van der Waals surface area contributed by atoms with Crippen molar-refractivity contribution in [3.63, 3.8) is 0 Å². The van der Waals surface area contributed by atoms with Crippen LogP contribution in [-0.4, -0.2) is 17.7 Å². The number of benzene rings is 1. The highest BCUT2D eigenvalue weighted by atomic mass is 19.2. The van der Waals surface area contributed by atoms with E-state index >= 15 is 0 Å². The van der Waals surface area contributed by atoms with Crippen LogP contribution in [0.25, 0.3) is 6.08 Å². The highest BCUT2D eigenvalue weighted by Crippen LogP contribution is 2.24. The van der Waals surface area contributed by atoms with Gasteiger partial charge in [0.25, 0.3) is 0 Å². The van der Waals surface area contributed by atoms with Gasteiger partial charge in [0.15, 0.2) is 23.3 Å². The Labute approximate surface area is 130 Å². The van der Waals surface area contributed by atoms with Gasteiger partial charge in [-0.25, -0.2) is 26.7 Å². The van der Waals surface area contributed by atoms with Crippen LogP contribution in [-0.2, 0) is 4.74 Å². The molecule has 1 aromatic rings. The molecule has 0 aliphatic carbocycles. The number of hydrogen-bond acceptors (Lipinski definition) is 2. The molecule has 0 saturated carbocycles. The molecule has 1 N–H and O–H groups in total. The third-order valence-electron chi connectivity index (χ3n) is 2.54. The Balaban J connectivity index is 2.92. The lowest BCUT2D eigenvalue weighted by atomic mass is 10.1. The molecule has 1 atom stereocenters. The second-order valence-corrected chi connectivity index (χ2v) is 5.78. The molecule has 8 heteroatoms. The van der Waals surface area contributed by atoms with E-state index in [1.165, 1.54) is 6.92 Å². The minimum absolute atomic E-state index is 0.707. The Kier molecular flexibility index (Phi) is 5.74. The number of nitrogens with one attached hydrogen (secondary N) is 1. The summed E-state index contributed by atoms with van der Waals surface area (Å²) in [6.07, 6.45) is 0.993. The molecule has 0 aromatic heterocycles. The van der Waals surface area contributed by atoms with Gasteiger partial charge in [0.1, 0.15) is 5.60 Å². The van der Waals surface area contributed by atoms with Gasteiger partial charge in [-0.1, -0.05) is 12.2 Å². The molecule has 0 fully saturated rings. The normalized spacial score (nSPS) is 13.3. The molecule has 0 radical (unpaired) electrons. The van der Waals surface area contributed by atoms with E-state index in [-0.39, 0.29) is 0 Å². The highest BCUT2D eigenvalue weighted by molar-refractivity contribution is 5.68. The molecular weight excluding hydrogens is 321 g/mol. The first-order valence-electron chi connectivity index (χ1n) is 6.63. The van der Waals surface area contributed by atoms with Crippen molar-refractivity contribution in [1.82, 2.24) is 5.32 Å². The number of amides is 1. The van der Waals surface area contributed by atoms with Gasteiger partial charge >= 0.3 is 6.09 Å². The lowest BCUT2D eigenvalue weighted by Crippen LogP contribution is -2.36. The molecule has 23 heavy (non-hydrogen) atoms. The van der Waals surface area contributed by atoms with Gasteiger partial charge in [-0.2, -0.15) is 0 Å². The van der Waals surface area contributed by atoms with Crippen molar-refractivity contribution < 1.29 is 31.5 Å². The zero-order valence-electron chi connectivity index (χ0n) is 12.9. The van der Waals surface area contributed by atoms with E-state index < -0.39 is 52.4 Å². The van der Waals surface area contributed by atoms with E-state index in [4.69, 9.17) is 4.74 Å². The van der Waals surface area contributed by atoms with Crippen LogP contribution in [0.5, 0.6) is 0 Å². The van der Waals surface area contributed by atoms with Crippen LogP contribution in [0.3, 0.4) is 0 Å². The van der Waals surface area contributed by atoms with E-state index in [1.807, 2.05) is 0 Å². The van der Waals surface area contributed by atoms with Gasteiger partial charge in [0, 0.05) is 6.04 Å². The monoisotopic (exact) mass is 337 g/mol. The molecular formula is C15H16F5NO2. The largest absolute Gasteiger partial charge is 0.444 e. The lowest BCUT2D eigenvalue weighted by Gasteiger charge is -2.21. The maximum atomic E-state index is 13.5. The number of ether oxygens (including phenoxy) is 1. The summed E-state index contributed by atoms with van der Waals surface area (Å²) in [5.74, 6) is -10.2. The number of alkyl carbamates (subject to hydrolysis) is 1. The van der Waals surface area contributed by atoms with E-state index in [0.29, 0.717) is 6.08 Å². The molecule has 0 heterocycles. The predicted molar refractivity (Wildman–Crippen MR) is 74.1 cm³/mol. The Bertz CT molecular complexity index is 609. The number of carbonyl (C=O) groups excluding carboxylic acids is 1. The van der Waals surface area contributed by atoms with Crippen LogP contribution >= 0.6 is 0 Å². The van der Waals surface area contributed by atoms with E-state index in [2.05, 4.69) is 5.32 Å². The molecule has 3 nitrogen and oxygen atoms in total. The Morgan fingerprint density at radius 2 is 1.43 bits per heavy atom. The minimum Gasteiger partial charge on any atom is -0.444 e. The molecule has 0 aliphatic heterocycles. The second kappa shape index (κ2) is 6.97. The van der Waals surface area contributed by atoms with Crippen molar-refractivity contribution >= 4 is 12.2 Å². The number of hydrogen-bond donors (Lipinski definition) is 1. The van der Waals surface area contributed by atoms with Crippen LogP contribution in [0.15, 0.2) is 6.08 Å². The molecule has 128 valence electrons. The summed E-state index contributed by atoms with van der Waals surface area (Å²) in [5.41, 5.74) is -1.83. The smallest absolute Gasteiger partial charge is 0.408 e. The Hall–Kier alpha value is -2.12. The summed E-state index contributed by atoms with van der Waals surface area (Å²) in [5, 5.41) is 2.33. The Morgan fingerprint density at radius 1 is 1.00 bits per heavy atom. The molecule has 0 spiro atoms. The van der Waals surface area contributed by atoms with E-state index in [1.54, 1.807) is 20.8 Å². The van der Waals surface area contributed by atoms with Crippen molar-refractivity contribution in [2.45, 2.75) is 39.3 Å². The van der Waals surface area contributed by atoms with E-state index in [0.717, 1.165) is 6.08 Å². The van der Waals surface area contributed by atoms with Gasteiger partial charge in [-0.05, 0) is 27.7 Å². The lowest BCUT2D eigenvalue weighted by molar-refractivity contribution is 0.0518. The Morgan fingerprint density at radius 3 is 1.87 bits per heavy atom. The summed E-state index contributed by atoms with van der Waals surface area (Å²) in [7, 11) is 0. The van der Waals surface area contributed by atoms with Crippen molar-refractivity contribution in [1.29, 1.82) is 0 Å². The third-order valence-corrected chi connectivity index (χ3v) is 2.54. The molecule has 0 saturated heterocycles. The quantitative estimate of drug-likeness (QED) is 0.507. The van der Waals surface area contributed by atoms with Crippen LogP contribution in [0, 0.1) is 29.1 Å². The van der Waals surface area contributed by atoms with Gasteiger partial charge in [0.2, 0.25) is 5.82 Å². The van der Waals surface area contributed by atoms with Crippen molar-refractivity contribution in [3.8, 4) is 0 Å². The fourth-order valence-electron chi connectivity index (χ4n) is 1.55. The first kappa shape index (κ1) is 18.9. The molecule has 1 aromatic carbocycles. The van der Waals surface area contributed by atoms with Crippen molar-refractivity contribution in [2.24, 2.45) is 0 Å². The minimum atomic E-state index is -2.22. The number of carbonyl (C=O) groups is 1. The summed E-state index contributed by atoms with van der Waals surface area (Å²) in [6, 6.07) is -0.764. The molecule has 1 amide bonds. The number of rotatable bonds is 3. The third kappa shape index (κ3) is 4.94. The maximum Gasteiger partial charge on any atom is 0.408 e. The van der Waals surface area contributed by atoms with Gasteiger partial charge in [-0.15, -0.1) is 0 Å². The van der Waals surface area contributed by atoms with Gasteiger partial charge < -0.3 is 10.1 Å². The average molecular weight is 337 g/mol. The zero-order chi connectivity index (χ0) is 17.9. The van der Waals surface area contributed by atoms with E-state index in [9.17, 15) is 26.7 Å². The number of halogens is 5. The standard InChI is InChI=1S/C15H16F5NO2/c1-7(21-14(22)23-15(2,3)4)5-6-8-9(16)11(18)13(20)12(19)10(8)17/h5-7H,1-4H3,(H,21,22)/b6-5-. The topological polar surface area (TPSA) is 38.3 Å². The predicted octanol–water partition coefficient (Wildman–Crippen LogP) is 4.31. The zero-order valence-corrected chi connectivity index (χ0v) is 12.9. The first-order chi connectivity index (χ1) is 10.4. The first-order valence-corrected chi connectivity index (χ1v) is 6.63. The summed E-state index contributed by atoms with van der Waals surface area (Å²) >= 11 is 0. The second-order valence-electron chi connectivity index (χ2n) is 5.78. The summed E-state index contributed by atoms with van der Waals surface area (Å²) in [4.78, 5) is 11.5. The van der Waals surface area contributed by atoms with Crippen molar-refractivity contribution in [2.75, 3.05) is 0 Å². The van der Waals surface area contributed by atoms with Gasteiger partial charge in [0.05, 0.1) is 5.56 Å². The van der Waals surface area contributed by atoms with Gasteiger partial charge in [-0.3, -0.25) is 0 Å². The SMILES string of the molecule is CC(/C=C\c1c(F)c(F)c(F)c(F)c1F)NC(=O)OC(C)(C)C. The highest BCUT2D eigenvalue weighted by Gasteiger charge is 2.24. The average Bonchev–Trinajstić information content (AvgIpc) is 2.40. The summed E-state index contributed by atoms with van der Waals surface area (Å²) in [6.45, 7) is 6.36. The fourth-order valence-corrected chi connectivity index (χ4v) is 1.55. The van der Waals surface area contributed by atoms with Crippen LogP contribution < -0.4 is 5.32 Å². The van der Waals surface area contributed by atoms with Crippen LogP contribution in [0.1, 0.15) is 33.3 Å². The fraction of sp³-hybridized carbons (Fsp3) is 0.400. The molecule has 1 rings (SSSR count).